The summed E-state index contributed by atoms with van der Waals surface area (Å²) in [6, 6.07) is 13.1. The van der Waals surface area contributed by atoms with Crippen LogP contribution in [0.5, 0.6) is 5.75 Å². The lowest BCUT2D eigenvalue weighted by atomic mass is 10.0. The highest BCUT2D eigenvalue weighted by Crippen LogP contribution is 2.25. The van der Waals surface area contributed by atoms with Crippen LogP contribution in [0.15, 0.2) is 48.5 Å². The first-order valence-corrected chi connectivity index (χ1v) is 10.9. The van der Waals surface area contributed by atoms with Crippen molar-refractivity contribution in [3.63, 3.8) is 0 Å². The standard InChI is InChI=1S/C26H31N3O6/c1-7-29(24(32)21(16-30)28-25(33)35-26(3,4)5)22(18-10-8-17(2)9-11-18)23(31)27-19-12-14-20(34-6)15-13-19/h1,8-15,21-22,30H,16H2,2-6H3,(H,27,31)(H,28,33). The molecule has 0 heterocycles. The van der Waals surface area contributed by atoms with E-state index < -0.39 is 42.2 Å². The van der Waals surface area contributed by atoms with Gasteiger partial charge in [0.2, 0.25) is 0 Å². The van der Waals surface area contributed by atoms with Crippen LogP contribution in [0.25, 0.3) is 0 Å². The van der Waals surface area contributed by atoms with Crippen LogP contribution >= 0.6 is 0 Å². The van der Waals surface area contributed by atoms with E-state index in [1.54, 1.807) is 69.3 Å². The molecule has 0 aliphatic carbocycles. The lowest BCUT2D eigenvalue weighted by Gasteiger charge is -2.29. The fourth-order valence-electron chi connectivity index (χ4n) is 3.12. The fraction of sp³-hybridized carbons (Fsp3) is 0.346. The van der Waals surface area contributed by atoms with Gasteiger partial charge in [-0.2, -0.15) is 0 Å². The third kappa shape index (κ3) is 7.76. The van der Waals surface area contributed by atoms with Crippen LogP contribution in [0, 0.1) is 19.4 Å². The molecule has 2 aromatic carbocycles. The molecule has 0 bridgehead atoms. The van der Waals surface area contributed by atoms with Crippen molar-refractivity contribution in [2.24, 2.45) is 0 Å². The molecule has 2 rings (SSSR count). The number of nitrogens with one attached hydrogen (secondary N) is 2. The van der Waals surface area contributed by atoms with Gasteiger partial charge in [0.05, 0.1) is 13.7 Å². The Balaban J connectivity index is 2.37. The fourth-order valence-corrected chi connectivity index (χ4v) is 3.12. The Kier molecular flexibility index (Phi) is 9.26. The average molecular weight is 482 g/mol. The van der Waals surface area contributed by atoms with Crippen LogP contribution in [-0.4, -0.2) is 53.3 Å². The molecule has 2 atom stereocenters. The number of aliphatic hydroxyl groups is 1. The highest BCUT2D eigenvalue weighted by molar-refractivity contribution is 5.99. The Morgan fingerprint density at radius 3 is 2.17 bits per heavy atom. The van der Waals surface area contributed by atoms with Crippen LogP contribution in [0.2, 0.25) is 0 Å². The van der Waals surface area contributed by atoms with Gasteiger partial charge in [-0.3, -0.25) is 14.5 Å². The first-order chi connectivity index (χ1) is 16.5. The van der Waals surface area contributed by atoms with Crippen molar-refractivity contribution < 1.29 is 29.0 Å². The molecule has 2 unspecified atom stereocenters. The molecule has 0 saturated carbocycles. The van der Waals surface area contributed by atoms with Crippen molar-refractivity contribution in [2.45, 2.75) is 45.4 Å². The molecule has 3 N–H and O–H groups in total. The molecule has 35 heavy (non-hydrogen) atoms. The molecule has 0 aliphatic heterocycles. The zero-order chi connectivity index (χ0) is 26.2. The van der Waals surface area contributed by atoms with E-state index in [-0.39, 0.29) is 0 Å². The number of rotatable bonds is 8. The molecule has 0 aliphatic rings. The highest BCUT2D eigenvalue weighted by Gasteiger charge is 2.35. The predicted octanol–water partition coefficient (Wildman–Crippen LogP) is 2.99. The van der Waals surface area contributed by atoms with E-state index in [0.29, 0.717) is 17.0 Å². The van der Waals surface area contributed by atoms with Gasteiger partial charge < -0.3 is 25.2 Å². The molecule has 0 fully saturated rings. The third-order valence-corrected chi connectivity index (χ3v) is 4.81. The summed E-state index contributed by atoms with van der Waals surface area (Å²) in [5.74, 6) is -0.826. The average Bonchev–Trinajstić information content (AvgIpc) is 2.80. The second-order valence-electron chi connectivity index (χ2n) is 8.75. The second kappa shape index (κ2) is 11.9. The molecule has 0 aromatic heterocycles. The number of aryl methyl sites for hydroxylation is 1. The number of ether oxygens (including phenoxy) is 2. The van der Waals surface area contributed by atoms with Gasteiger partial charge in [0.25, 0.3) is 11.8 Å². The van der Waals surface area contributed by atoms with Gasteiger partial charge in [-0.05, 0) is 57.5 Å². The lowest BCUT2D eigenvalue weighted by Crippen LogP contribution is -2.52. The number of amides is 3. The molecule has 3 amide bonds. The van der Waals surface area contributed by atoms with Crippen molar-refractivity contribution >= 4 is 23.6 Å². The van der Waals surface area contributed by atoms with E-state index in [2.05, 4.69) is 16.7 Å². The monoisotopic (exact) mass is 481 g/mol. The molecular formula is C26H31N3O6. The Bertz CT molecular complexity index is 1070. The molecular weight excluding hydrogens is 450 g/mol. The number of anilines is 1. The first-order valence-electron chi connectivity index (χ1n) is 10.9. The largest absolute Gasteiger partial charge is 0.497 e. The van der Waals surface area contributed by atoms with Gasteiger partial charge in [-0.15, -0.1) is 0 Å². The molecule has 0 radical (unpaired) electrons. The normalized spacial score (nSPS) is 12.5. The molecule has 9 nitrogen and oxygen atoms in total. The summed E-state index contributed by atoms with van der Waals surface area (Å²) in [6.45, 7) is 6.11. The van der Waals surface area contributed by atoms with E-state index in [9.17, 15) is 19.5 Å². The van der Waals surface area contributed by atoms with E-state index in [1.807, 2.05) is 6.92 Å². The number of aliphatic hydroxyl groups excluding tert-OH is 1. The smallest absolute Gasteiger partial charge is 0.408 e. The van der Waals surface area contributed by atoms with Crippen molar-refractivity contribution in [2.75, 3.05) is 19.0 Å². The SMILES string of the molecule is C#CN(C(=O)C(CO)NC(=O)OC(C)(C)C)C(C(=O)Nc1ccc(OC)cc1)c1ccc(C)cc1. The van der Waals surface area contributed by atoms with Crippen LogP contribution in [0.1, 0.15) is 37.9 Å². The summed E-state index contributed by atoms with van der Waals surface area (Å²) in [6.07, 6.45) is 4.76. The molecule has 186 valence electrons. The molecule has 2 aromatic rings. The highest BCUT2D eigenvalue weighted by atomic mass is 16.6. The minimum Gasteiger partial charge on any atom is -0.497 e. The van der Waals surface area contributed by atoms with E-state index >= 15 is 0 Å². The maximum Gasteiger partial charge on any atom is 0.408 e. The predicted molar refractivity (Wildman–Crippen MR) is 131 cm³/mol. The van der Waals surface area contributed by atoms with Gasteiger partial charge in [-0.1, -0.05) is 36.3 Å². The summed E-state index contributed by atoms with van der Waals surface area (Å²) in [5, 5.41) is 14.9. The summed E-state index contributed by atoms with van der Waals surface area (Å²) in [5.41, 5.74) is 1.04. The minimum atomic E-state index is -1.43. The number of methoxy groups -OCH3 is 1. The molecule has 9 heteroatoms. The number of nitrogens with zero attached hydrogens (tertiary/aromatic N) is 1. The summed E-state index contributed by atoms with van der Waals surface area (Å²) >= 11 is 0. The molecule has 0 spiro atoms. The zero-order valence-corrected chi connectivity index (χ0v) is 20.5. The van der Waals surface area contributed by atoms with Gasteiger partial charge in [-0.25, -0.2) is 4.79 Å². The van der Waals surface area contributed by atoms with E-state index in [1.165, 1.54) is 7.11 Å². The van der Waals surface area contributed by atoms with Gasteiger partial charge in [0, 0.05) is 11.7 Å². The van der Waals surface area contributed by atoms with E-state index in [0.717, 1.165) is 10.5 Å². The summed E-state index contributed by atoms with van der Waals surface area (Å²) in [4.78, 5) is 39.7. The van der Waals surface area contributed by atoms with E-state index in [4.69, 9.17) is 15.9 Å². The number of hydrogen-bond donors (Lipinski definition) is 3. The number of carbonyl (C=O) groups is 3. The number of terminal acetylenes is 1. The minimum absolute atomic E-state index is 0.446. The maximum absolute atomic E-state index is 13.4. The van der Waals surface area contributed by atoms with Crippen LogP contribution in [-0.2, 0) is 14.3 Å². The Labute approximate surface area is 205 Å². The maximum atomic E-state index is 13.4. The second-order valence-corrected chi connectivity index (χ2v) is 8.75. The summed E-state index contributed by atoms with van der Waals surface area (Å²) in [7, 11) is 1.53. The number of alkyl carbamates (subject to hydrolysis) is 1. The van der Waals surface area contributed by atoms with Crippen molar-refractivity contribution in [1.82, 2.24) is 10.2 Å². The zero-order valence-electron chi connectivity index (χ0n) is 20.5. The Morgan fingerprint density at radius 1 is 1.09 bits per heavy atom. The van der Waals surface area contributed by atoms with Crippen LogP contribution < -0.4 is 15.4 Å². The number of carbonyl (C=O) groups excluding carboxylic acids is 3. The van der Waals surface area contributed by atoms with Crippen LogP contribution in [0.3, 0.4) is 0 Å². The van der Waals surface area contributed by atoms with Crippen molar-refractivity contribution in [1.29, 1.82) is 0 Å². The topological polar surface area (TPSA) is 117 Å². The molecule has 0 saturated heterocycles. The first kappa shape index (κ1) is 27.2. The Morgan fingerprint density at radius 2 is 1.69 bits per heavy atom. The number of benzene rings is 2. The van der Waals surface area contributed by atoms with Gasteiger partial charge in [0.1, 0.15) is 23.4 Å². The third-order valence-electron chi connectivity index (χ3n) is 4.81. The lowest BCUT2D eigenvalue weighted by molar-refractivity contribution is -0.137. The number of hydrogen-bond acceptors (Lipinski definition) is 6. The van der Waals surface area contributed by atoms with Crippen molar-refractivity contribution in [3.8, 4) is 18.2 Å². The van der Waals surface area contributed by atoms with Gasteiger partial charge >= 0.3 is 6.09 Å². The van der Waals surface area contributed by atoms with Crippen molar-refractivity contribution in [3.05, 3.63) is 59.7 Å². The summed E-state index contributed by atoms with van der Waals surface area (Å²) < 4.78 is 10.3. The van der Waals surface area contributed by atoms with Crippen LogP contribution in [0.4, 0.5) is 10.5 Å². The Hall–Kier alpha value is -4.03. The van der Waals surface area contributed by atoms with Gasteiger partial charge in [0.15, 0.2) is 0 Å². The quantitative estimate of drug-likeness (QED) is 0.394.